The molecular formula is C12H13N3O3. The minimum Gasteiger partial charge on any atom is -0.504 e. The second kappa shape index (κ2) is 4.40. The van der Waals surface area contributed by atoms with E-state index in [0.717, 1.165) is 0 Å². The van der Waals surface area contributed by atoms with Gasteiger partial charge in [0.25, 0.3) is 5.91 Å². The molecule has 2 rings (SSSR count). The number of benzene rings is 1. The van der Waals surface area contributed by atoms with Crippen LogP contribution in [0.3, 0.4) is 0 Å². The molecule has 0 saturated carbocycles. The average Bonchev–Trinajstić information content (AvgIpc) is 2.58. The third-order valence-corrected chi connectivity index (χ3v) is 2.67. The summed E-state index contributed by atoms with van der Waals surface area (Å²) < 4.78 is 4.99. The number of likely N-dealkylation sites (N-methyl/N-ethyl adjacent to an activating group) is 1. The lowest BCUT2D eigenvalue weighted by atomic mass is 10.1. The molecule has 0 unspecified atom stereocenters. The number of ether oxygens (including phenoxy) is 1. The fraction of sp³-hybridized carbons (Fsp3) is 0.167. The van der Waals surface area contributed by atoms with Crippen molar-refractivity contribution in [1.82, 2.24) is 10.2 Å². The first-order valence-electron chi connectivity index (χ1n) is 5.25. The molecule has 1 fully saturated rings. The van der Waals surface area contributed by atoms with Crippen LogP contribution >= 0.6 is 0 Å². The first-order valence-corrected chi connectivity index (χ1v) is 5.25. The predicted octanol–water partition coefficient (Wildman–Crippen LogP) is 0.738. The summed E-state index contributed by atoms with van der Waals surface area (Å²) >= 11 is 0. The molecule has 0 aromatic heterocycles. The van der Waals surface area contributed by atoms with E-state index in [2.05, 4.69) is 5.32 Å². The number of hydrogen-bond donors (Lipinski definition) is 3. The Bertz CT molecular complexity index is 551. The van der Waals surface area contributed by atoms with E-state index in [1.165, 1.54) is 18.1 Å². The van der Waals surface area contributed by atoms with Crippen molar-refractivity contribution in [3.8, 4) is 11.5 Å². The van der Waals surface area contributed by atoms with E-state index in [-0.39, 0.29) is 17.6 Å². The van der Waals surface area contributed by atoms with Crippen LogP contribution in [-0.4, -0.2) is 36.0 Å². The lowest BCUT2D eigenvalue weighted by Crippen LogP contribution is -2.25. The number of nitrogens with zero attached hydrogens (tertiary/aromatic N) is 1. The van der Waals surface area contributed by atoms with E-state index in [1.54, 1.807) is 25.3 Å². The zero-order valence-corrected chi connectivity index (χ0v) is 10.0. The SMILES string of the molecule is COc1cc(/C=C2\C(=O)NC(=N)N2C)ccc1O. The number of guanidine groups is 1. The summed E-state index contributed by atoms with van der Waals surface area (Å²) in [6, 6.07) is 4.77. The monoisotopic (exact) mass is 247 g/mol. The quantitative estimate of drug-likeness (QED) is 0.673. The molecular weight excluding hydrogens is 234 g/mol. The molecule has 0 aliphatic carbocycles. The van der Waals surface area contributed by atoms with Crippen LogP contribution in [-0.2, 0) is 4.79 Å². The maximum absolute atomic E-state index is 11.6. The van der Waals surface area contributed by atoms with Crippen molar-refractivity contribution < 1.29 is 14.6 Å². The second-order valence-corrected chi connectivity index (χ2v) is 3.82. The summed E-state index contributed by atoms with van der Waals surface area (Å²) in [6.07, 6.45) is 1.62. The van der Waals surface area contributed by atoms with E-state index in [9.17, 15) is 9.90 Å². The highest BCUT2D eigenvalue weighted by Gasteiger charge is 2.26. The van der Waals surface area contributed by atoms with Gasteiger partial charge in [-0.15, -0.1) is 0 Å². The minimum atomic E-state index is -0.324. The molecule has 0 atom stereocenters. The largest absolute Gasteiger partial charge is 0.504 e. The van der Waals surface area contributed by atoms with Crippen LogP contribution < -0.4 is 10.1 Å². The Morgan fingerprint density at radius 2 is 2.22 bits per heavy atom. The topological polar surface area (TPSA) is 85.7 Å². The lowest BCUT2D eigenvalue weighted by molar-refractivity contribution is -0.115. The van der Waals surface area contributed by atoms with Crippen molar-refractivity contribution in [3.05, 3.63) is 29.5 Å². The van der Waals surface area contributed by atoms with Crippen molar-refractivity contribution in [2.24, 2.45) is 0 Å². The first-order chi connectivity index (χ1) is 8.52. The average molecular weight is 247 g/mol. The van der Waals surface area contributed by atoms with Crippen LogP contribution in [0.5, 0.6) is 11.5 Å². The van der Waals surface area contributed by atoms with Crippen LogP contribution in [0.1, 0.15) is 5.56 Å². The Morgan fingerprint density at radius 3 is 2.78 bits per heavy atom. The van der Waals surface area contributed by atoms with Crippen LogP contribution in [0.4, 0.5) is 0 Å². The van der Waals surface area contributed by atoms with Gasteiger partial charge < -0.3 is 14.7 Å². The summed E-state index contributed by atoms with van der Waals surface area (Å²) in [5.41, 5.74) is 1.07. The van der Waals surface area contributed by atoms with Gasteiger partial charge in [0.1, 0.15) is 5.70 Å². The van der Waals surface area contributed by atoms with Crippen LogP contribution in [0.15, 0.2) is 23.9 Å². The molecule has 3 N–H and O–H groups in total. The van der Waals surface area contributed by atoms with Gasteiger partial charge in [-0.3, -0.25) is 15.5 Å². The number of rotatable bonds is 2. The number of hydrogen-bond acceptors (Lipinski definition) is 4. The number of methoxy groups -OCH3 is 1. The van der Waals surface area contributed by atoms with Crippen molar-refractivity contribution in [1.29, 1.82) is 5.41 Å². The zero-order valence-electron chi connectivity index (χ0n) is 10.0. The molecule has 6 nitrogen and oxygen atoms in total. The summed E-state index contributed by atoms with van der Waals surface area (Å²) in [4.78, 5) is 13.0. The van der Waals surface area contributed by atoms with E-state index < -0.39 is 0 Å². The molecule has 94 valence electrons. The molecule has 1 aliphatic heterocycles. The zero-order chi connectivity index (χ0) is 13.3. The third kappa shape index (κ3) is 2.00. The van der Waals surface area contributed by atoms with Gasteiger partial charge in [0.15, 0.2) is 11.5 Å². The van der Waals surface area contributed by atoms with Gasteiger partial charge in [0, 0.05) is 7.05 Å². The molecule has 1 amide bonds. The highest BCUT2D eigenvalue weighted by Crippen LogP contribution is 2.27. The van der Waals surface area contributed by atoms with Gasteiger partial charge in [-0.05, 0) is 23.8 Å². The minimum absolute atomic E-state index is 0.0385. The molecule has 1 heterocycles. The van der Waals surface area contributed by atoms with Gasteiger partial charge in [0.05, 0.1) is 7.11 Å². The molecule has 6 heteroatoms. The molecule has 0 radical (unpaired) electrons. The van der Waals surface area contributed by atoms with Gasteiger partial charge in [-0.2, -0.15) is 0 Å². The van der Waals surface area contributed by atoms with Crippen LogP contribution in [0.2, 0.25) is 0 Å². The summed E-state index contributed by atoms with van der Waals surface area (Å²) in [5, 5.41) is 19.4. The second-order valence-electron chi connectivity index (χ2n) is 3.82. The summed E-state index contributed by atoms with van der Waals surface area (Å²) in [5.74, 6) is 0.0867. The fourth-order valence-corrected chi connectivity index (χ4v) is 1.63. The Balaban J connectivity index is 2.39. The fourth-order valence-electron chi connectivity index (χ4n) is 1.63. The number of amides is 1. The van der Waals surface area contributed by atoms with E-state index >= 15 is 0 Å². The molecule has 1 saturated heterocycles. The van der Waals surface area contributed by atoms with Gasteiger partial charge in [-0.25, -0.2) is 0 Å². The first kappa shape index (κ1) is 12.0. The van der Waals surface area contributed by atoms with Gasteiger partial charge in [-0.1, -0.05) is 6.07 Å². The van der Waals surface area contributed by atoms with Gasteiger partial charge >= 0.3 is 0 Å². The highest BCUT2D eigenvalue weighted by atomic mass is 16.5. The maximum atomic E-state index is 11.6. The van der Waals surface area contributed by atoms with E-state index in [1.807, 2.05) is 0 Å². The van der Waals surface area contributed by atoms with Crippen LogP contribution in [0, 0.1) is 5.41 Å². The van der Waals surface area contributed by atoms with Crippen LogP contribution in [0.25, 0.3) is 6.08 Å². The normalized spacial score (nSPS) is 17.2. The molecule has 1 aromatic carbocycles. The standard InChI is InChI=1S/C12H13N3O3/c1-15-8(11(17)14-12(15)13)5-7-3-4-9(16)10(6-7)18-2/h3-6,16H,1-2H3,(H2,13,14,17)/b8-5+. The number of aromatic hydroxyl groups is 1. The number of nitrogens with one attached hydrogen (secondary N) is 2. The Kier molecular flexibility index (Phi) is 2.93. The number of phenolic OH excluding ortho intramolecular Hbond substituents is 1. The summed E-state index contributed by atoms with van der Waals surface area (Å²) in [6.45, 7) is 0. The molecule has 1 aromatic rings. The van der Waals surface area contributed by atoms with Crippen molar-refractivity contribution in [2.45, 2.75) is 0 Å². The molecule has 18 heavy (non-hydrogen) atoms. The third-order valence-electron chi connectivity index (χ3n) is 2.67. The van der Waals surface area contributed by atoms with Crippen molar-refractivity contribution in [3.63, 3.8) is 0 Å². The number of carbonyl (C=O) groups excluding carboxylic acids is 1. The number of carbonyl (C=O) groups is 1. The molecule has 0 spiro atoms. The van der Waals surface area contributed by atoms with E-state index in [0.29, 0.717) is 17.0 Å². The van der Waals surface area contributed by atoms with E-state index in [4.69, 9.17) is 10.1 Å². The van der Waals surface area contributed by atoms with Crippen molar-refractivity contribution in [2.75, 3.05) is 14.2 Å². The summed E-state index contributed by atoms with van der Waals surface area (Å²) in [7, 11) is 3.08. The van der Waals surface area contributed by atoms with Crippen molar-refractivity contribution >= 4 is 17.9 Å². The Hall–Kier alpha value is -2.50. The molecule has 1 aliphatic rings. The molecule has 0 bridgehead atoms. The smallest absolute Gasteiger partial charge is 0.274 e. The number of phenols is 1. The van der Waals surface area contributed by atoms with Gasteiger partial charge in [0.2, 0.25) is 5.96 Å². The Labute approximate surface area is 104 Å². The Morgan fingerprint density at radius 1 is 1.50 bits per heavy atom. The highest BCUT2D eigenvalue weighted by molar-refractivity contribution is 6.14. The predicted molar refractivity (Wildman–Crippen MR) is 66.3 cm³/mol. The maximum Gasteiger partial charge on any atom is 0.274 e. The lowest BCUT2D eigenvalue weighted by Gasteiger charge is -2.09.